The molecule has 2 aliphatic heterocycles. The molecule has 0 bridgehead atoms. The van der Waals surface area contributed by atoms with Crippen LogP contribution < -0.4 is 34.7 Å². The first kappa shape index (κ1) is 20.8. The monoisotopic (exact) mass is 417 g/mol. The molecule has 1 saturated heterocycles. The number of aliphatic hydroxyl groups is 2. The van der Waals surface area contributed by atoms with Gasteiger partial charge in [0.15, 0.2) is 0 Å². The number of thioether (sulfide) groups is 1. The summed E-state index contributed by atoms with van der Waals surface area (Å²) in [6.45, 7) is 1.59. The maximum Gasteiger partial charge on any atom is 1.00 e. The number of carboxylic acids is 1. The molecule has 27 heavy (non-hydrogen) atoms. The van der Waals surface area contributed by atoms with Crippen molar-refractivity contribution in [1.29, 1.82) is 0 Å². The molecule has 2 aliphatic rings. The van der Waals surface area contributed by atoms with Crippen LogP contribution in [0.15, 0.2) is 23.2 Å². The van der Waals surface area contributed by atoms with E-state index in [0.29, 0.717) is 17.7 Å². The summed E-state index contributed by atoms with van der Waals surface area (Å²) in [4.78, 5) is 31.1. The normalized spacial score (nSPS) is 22.6. The number of aliphatic carboxylic acids is 1. The number of carbonyl (C=O) groups is 2. The van der Waals surface area contributed by atoms with Gasteiger partial charge in [-0.05, 0) is 18.9 Å². The van der Waals surface area contributed by atoms with E-state index in [1.807, 2.05) is 4.40 Å². The summed E-state index contributed by atoms with van der Waals surface area (Å²) >= 11 is 2.81. The molecule has 4 heterocycles. The quantitative estimate of drug-likeness (QED) is 0.285. The summed E-state index contributed by atoms with van der Waals surface area (Å²) in [6, 6.07) is -0.340. The van der Waals surface area contributed by atoms with Crippen LogP contribution in [0.1, 0.15) is 18.2 Å². The van der Waals surface area contributed by atoms with Gasteiger partial charge in [0.2, 0.25) is 5.91 Å². The van der Waals surface area contributed by atoms with Gasteiger partial charge in [0.05, 0.1) is 41.2 Å². The molecule has 8 nitrogen and oxygen atoms in total. The van der Waals surface area contributed by atoms with E-state index in [0.717, 1.165) is 14.7 Å². The molecule has 4 rings (SSSR count). The van der Waals surface area contributed by atoms with Crippen LogP contribution in [0, 0.1) is 5.92 Å². The molecule has 1 fully saturated rings. The van der Waals surface area contributed by atoms with Crippen molar-refractivity contribution in [3.05, 3.63) is 23.1 Å². The van der Waals surface area contributed by atoms with Gasteiger partial charge >= 0.3 is 29.6 Å². The fourth-order valence-electron chi connectivity index (χ4n) is 3.64. The molecule has 0 unspecified atom stereocenters. The van der Waals surface area contributed by atoms with Crippen LogP contribution in [0.4, 0.5) is 0 Å². The third kappa shape index (κ3) is 3.27. The molecule has 0 saturated carbocycles. The summed E-state index contributed by atoms with van der Waals surface area (Å²) in [5.74, 6) is -1.81. The van der Waals surface area contributed by atoms with E-state index < -0.39 is 18.0 Å². The van der Waals surface area contributed by atoms with Crippen molar-refractivity contribution < 1.29 is 54.5 Å². The van der Waals surface area contributed by atoms with Crippen LogP contribution in [-0.4, -0.2) is 60.9 Å². The molecule has 0 radical (unpaired) electrons. The van der Waals surface area contributed by atoms with E-state index in [4.69, 9.17) is 5.11 Å². The van der Waals surface area contributed by atoms with Crippen LogP contribution in [0.3, 0.4) is 0 Å². The number of β-lactam (4-membered cyclic amide) rings is 1. The zero-order chi connectivity index (χ0) is 18.6. The van der Waals surface area contributed by atoms with Crippen molar-refractivity contribution in [1.82, 2.24) is 14.3 Å². The number of aromatic nitrogens is 2. The summed E-state index contributed by atoms with van der Waals surface area (Å²) < 4.78 is 1.81. The Morgan fingerprint density at radius 3 is 2.93 bits per heavy atom. The van der Waals surface area contributed by atoms with E-state index >= 15 is 0 Å². The largest absolute Gasteiger partial charge is 1.00 e. The number of hydrogen-bond donors (Lipinski definition) is 2. The molecule has 2 aromatic rings. The Kier molecular flexibility index (Phi) is 6.07. The number of carbonyl (C=O) groups excluding carboxylic acids is 2. The molecule has 11 heteroatoms. The van der Waals surface area contributed by atoms with Crippen molar-refractivity contribution in [3.8, 4) is 0 Å². The number of nitrogens with zero attached hydrogens (tertiary/aromatic N) is 3. The second-order valence-electron chi connectivity index (χ2n) is 6.29. The molecular weight excluding hydrogens is 401 g/mol. The number of rotatable bonds is 6. The van der Waals surface area contributed by atoms with Gasteiger partial charge < -0.3 is 25.0 Å². The number of carboxylic acid groups (broad SMARTS) is 1. The predicted molar refractivity (Wildman–Crippen MR) is 93.2 cm³/mol. The predicted octanol–water partition coefficient (Wildman–Crippen LogP) is -3.44. The number of imidazole rings is 1. The molecule has 2 N–H and O–H groups in total. The van der Waals surface area contributed by atoms with Crippen molar-refractivity contribution in [2.75, 3.05) is 12.4 Å². The van der Waals surface area contributed by atoms with Crippen molar-refractivity contribution in [2.45, 2.75) is 30.5 Å². The van der Waals surface area contributed by atoms with Gasteiger partial charge in [0.1, 0.15) is 16.2 Å². The first-order chi connectivity index (χ1) is 12.4. The number of amides is 1. The van der Waals surface area contributed by atoms with Gasteiger partial charge in [0.25, 0.3) is 0 Å². The van der Waals surface area contributed by atoms with Gasteiger partial charge in [-0.25, -0.2) is 4.98 Å². The Morgan fingerprint density at radius 1 is 1.56 bits per heavy atom. The minimum atomic E-state index is -1.38. The van der Waals surface area contributed by atoms with Crippen molar-refractivity contribution in [2.24, 2.45) is 5.92 Å². The summed E-state index contributed by atoms with van der Waals surface area (Å²) in [5.41, 5.74) is 0.456. The van der Waals surface area contributed by atoms with Gasteiger partial charge in [-0.2, -0.15) is 0 Å². The Hall–Kier alpha value is -0.880. The average Bonchev–Trinajstić information content (AvgIpc) is 3.22. The molecular formula is C16H16N3NaO5S2. The van der Waals surface area contributed by atoms with Crippen LogP contribution in [0.5, 0.6) is 0 Å². The molecule has 3 atom stereocenters. The Balaban J connectivity index is 0.00000210. The van der Waals surface area contributed by atoms with Gasteiger partial charge in [-0.15, -0.1) is 23.1 Å². The minimum absolute atomic E-state index is 0. The molecule has 0 aromatic carbocycles. The Bertz CT molecular complexity index is 938. The molecule has 1 amide bonds. The summed E-state index contributed by atoms with van der Waals surface area (Å²) in [5, 5.41) is 31.2. The number of fused-ring (bicyclic) bond motifs is 2. The van der Waals surface area contributed by atoms with E-state index in [2.05, 4.69) is 4.98 Å². The number of aliphatic hydroxyl groups excluding tert-OH is 2. The van der Waals surface area contributed by atoms with Crippen LogP contribution in [0.25, 0.3) is 10.4 Å². The molecule has 2 aromatic heterocycles. The zero-order valence-corrected chi connectivity index (χ0v) is 18.4. The molecule has 0 spiro atoms. The van der Waals surface area contributed by atoms with E-state index in [1.54, 1.807) is 19.4 Å². The standard InChI is InChI=1S/C16H17N3O5S2.Na/c1-7(21)11-9-4-8(12(16(23)24)19(9)14(11)22)10-5-18-6-17-13(15(18)26-10)25-3-2-20;/h5-7,9,11,20-21H,2-4H2,1H3,(H,23,24);/q;+1/p-1/t7-,9-,11-;/m1./s1. The fourth-order valence-corrected chi connectivity index (χ4v) is 5.60. The molecule has 138 valence electrons. The van der Waals surface area contributed by atoms with Gasteiger partial charge in [-0.3, -0.25) is 9.20 Å². The smallest absolute Gasteiger partial charge is 0.543 e. The maximum absolute atomic E-state index is 12.3. The van der Waals surface area contributed by atoms with Gasteiger partial charge in [-0.1, -0.05) is 0 Å². The van der Waals surface area contributed by atoms with Crippen molar-refractivity contribution in [3.63, 3.8) is 0 Å². The van der Waals surface area contributed by atoms with E-state index in [9.17, 15) is 19.8 Å². The van der Waals surface area contributed by atoms with Crippen molar-refractivity contribution >= 4 is 45.4 Å². The maximum atomic E-state index is 12.3. The first-order valence-electron chi connectivity index (χ1n) is 8.10. The van der Waals surface area contributed by atoms with Crippen LogP contribution >= 0.6 is 23.1 Å². The van der Waals surface area contributed by atoms with Gasteiger partial charge in [0, 0.05) is 11.9 Å². The Morgan fingerprint density at radius 2 is 2.30 bits per heavy atom. The second-order valence-corrected chi connectivity index (χ2v) is 8.40. The minimum Gasteiger partial charge on any atom is -0.543 e. The van der Waals surface area contributed by atoms with E-state index in [1.165, 1.54) is 28.0 Å². The third-order valence-electron chi connectivity index (χ3n) is 4.73. The summed E-state index contributed by atoms with van der Waals surface area (Å²) in [7, 11) is 0. The third-order valence-corrected chi connectivity index (χ3v) is 6.99. The zero-order valence-electron chi connectivity index (χ0n) is 14.8. The summed E-state index contributed by atoms with van der Waals surface area (Å²) in [6.07, 6.45) is 2.99. The molecule has 0 aliphatic carbocycles. The SMILES string of the molecule is C[C@@H](O)[C@H]1C(=O)N2C(C(=O)[O-])=C(c3cn4cnc(SCCO)c4s3)C[C@H]12.[Na+]. The fraction of sp³-hybridized carbons (Fsp3) is 0.438. The van der Waals surface area contributed by atoms with E-state index in [-0.39, 0.29) is 53.8 Å². The second kappa shape index (κ2) is 7.86. The number of hydrogen-bond acceptors (Lipinski definition) is 8. The average molecular weight is 417 g/mol. The Labute approximate surface area is 185 Å². The van der Waals surface area contributed by atoms with Crippen LogP contribution in [-0.2, 0) is 9.59 Å². The topological polar surface area (TPSA) is 118 Å². The number of thiazole rings is 1. The first-order valence-corrected chi connectivity index (χ1v) is 9.90. The van der Waals surface area contributed by atoms with Crippen LogP contribution in [0.2, 0.25) is 0 Å².